The number of rotatable bonds is 8. The summed E-state index contributed by atoms with van der Waals surface area (Å²) in [4.78, 5) is 5.23. The normalized spacial score (nSPS) is 14.2. The van der Waals surface area contributed by atoms with Gasteiger partial charge in [-0.15, -0.1) is 0 Å². The summed E-state index contributed by atoms with van der Waals surface area (Å²) in [5.74, 6) is 0. The second kappa shape index (κ2) is 18.2. The Balaban J connectivity index is 1.34. The van der Waals surface area contributed by atoms with Gasteiger partial charge in [-0.25, -0.2) is 0 Å². The van der Waals surface area contributed by atoms with Crippen LogP contribution in [0.25, 0.3) is 22.3 Å². The second-order valence-electron chi connectivity index (χ2n) is 29.3. The van der Waals surface area contributed by atoms with E-state index in [1.54, 1.807) is 0 Å². The fourth-order valence-electron chi connectivity index (χ4n) is 12.9. The first-order chi connectivity index (χ1) is 34.2. The molecular weight excluding hydrogens is 892 g/mol. The van der Waals surface area contributed by atoms with Crippen LogP contribution in [-0.4, -0.2) is 6.71 Å². The average molecular weight is 979 g/mol. The van der Waals surface area contributed by atoms with Crippen molar-refractivity contribution in [1.29, 1.82) is 0 Å². The Morgan fingerprint density at radius 1 is 0.324 bits per heavy atom. The van der Waals surface area contributed by atoms with Gasteiger partial charge >= 0.3 is 0 Å². The van der Waals surface area contributed by atoms with Crippen LogP contribution in [0.5, 0.6) is 0 Å². The number of aryl methyl sites for hydroxylation is 1. The zero-order valence-electron chi connectivity index (χ0n) is 49.2. The number of hydrogen-bond donors (Lipinski definition) is 0. The first-order valence-corrected chi connectivity index (χ1v) is 27.7. The number of hydrogen-bond acceptors (Lipinski definition) is 2. The number of nitrogens with zero attached hydrogens (tertiary/aromatic N) is 2. The Labute approximate surface area is 449 Å². The minimum Gasteiger partial charge on any atom is -0.311 e. The monoisotopic (exact) mass is 979 g/mol. The van der Waals surface area contributed by atoms with E-state index in [2.05, 4.69) is 288 Å². The van der Waals surface area contributed by atoms with Gasteiger partial charge < -0.3 is 9.80 Å². The highest BCUT2D eigenvalue weighted by atomic mass is 15.2. The van der Waals surface area contributed by atoms with Gasteiger partial charge in [-0.1, -0.05) is 216 Å². The van der Waals surface area contributed by atoms with Crippen LogP contribution >= 0.6 is 0 Å². The molecule has 7 aromatic rings. The van der Waals surface area contributed by atoms with Crippen molar-refractivity contribution in [1.82, 2.24) is 0 Å². The molecule has 0 N–H and O–H groups in total. The zero-order chi connectivity index (χ0) is 53.9. The van der Waals surface area contributed by atoms with Crippen LogP contribution in [0.15, 0.2) is 140 Å². The van der Waals surface area contributed by atoms with E-state index in [0.29, 0.717) is 0 Å². The summed E-state index contributed by atoms with van der Waals surface area (Å²) in [6.45, 7) is 47.1. The fourth-order valence-corrected chi connectivity index (χ4v) is 12.9. The van der Waals surface area contributed by atoms with Crippen LogP contribution in [0.1, 0.15) is 178 Å². The quantitative estimate of drug-likeness (QED) is 0.140. The van der Waals surface area contributed by atoms with Crippen LogP contribution in [0.4, 0.5) is 34.1 Å². The van der Waals surface area contributed by atoms with Crippen molar-refractivity contribution < 1.29 is 0 Å². The third-order valence-corrected chi connectivity index (χ3v) is 16.1. The number of benzene rings is 7. The Kier molecular flexibility index (Phi) is 13.0. The van der Waals surface area contributed by atoms with Gasteiger partial charge in [0.2, 0.25) is 0 Å². The van der Waals surface area contributed by atoms with Crippen LogP contribution in [0, 0.1) is 17.8 Å². The van der Waals surface area contributed by atoms with E-state index in [-0.39, 0.29) is 44.6 Å². The highest BCUT2D eigenvalue weighted by Crippen LogP contribution is 2.48. The van der Waals surface area contributed by atoms with Crippen LogP contribution in [-0.2, 0) is 27.1 Å². The summed E-state index contributed by atoms with van der Waals surface area (Å²) in [5, 5.41) is 0. The standard InChI is InChI=1S/C71H87BN2/c1-46-37-62-64-63(38-46)74(57-40-49(47-21-25-51(26-22-47)67(8,9)10)39-50(41-57)48-23-27-52(28-24-48)68(11,12)13)61-35-31-54(69(14,15)16)42-58(61)72(64)59-43-55(71(19,20)45-66(5,6)7)32-36-60(59)73(62)56-33-29-53(30-34-56)70(17,18)44-65(2,3)4/h21-43H,44-45H2,1-20H3. The molecule has 2 aliphatic rings. The lowest BCUT2D eigenvalue weighted by Crippen LogP contribution is -2.61. The van der Waals surface area contributed by atoms with Crippen molar-refractivity contribution in [3.8, 4) is 22.3 Å². The maximum atomic E-state index is 2.62. The van der Waals surface area contributed by atoms with E-state index in [0.717, 1.165) is 18.5 Å². The highest BCUT2D eigenvalue weighted by Gasteiger charge is 2.45. The molecule has 0 atom stereocenters. The SMILES string of the molecule is Cc1cc2c3c(c1)N(c1ccc(C(C)(C)CC(C)(C)C)cc1)c1ccc(C(C)(C)CC(C)(C)C)cc1B3c1cc(C(C)(C)C)ccc1N2c1cc(-c2ccc(C(C)(C)C)cc2)cc(-c2ccc(C(C)(C)C)cc2)c1. The summed E-state index contributed by atoms with van der Waals surface area (Å²) in [5.41, 5.74) is 24.8. The summed E-state index contributed by atoms with van der Waals surface area (Å²) in [6, 6.07) is 55.4. The van der Waals surface area contributed by atoms with E-state index < -0.39 is 0 Å². The van der Waals surface area contributed by atoms with E-state index >= 15 is 0 Å². The summed E-state index contributed by atoms with van der Waals surface area (Å²) in [7, 11) is 0. The van der Waals surface area contributed by atoms with Crippen LogP contribution < -0.4 is 26.2 Å². The molecular formula is C71H87BN2. The smallest absolute Gasteiger partial charge is 0.252 e. The molecule has 384 valence electrons. The molecule has 0 radical (unpaired) electrons. The van der Waals surface area contributed by atoms with E-state index in [1.807, 2.05) is 0 Å². The third kappa shape index (κ3) is 10.4. The number of anilines is 6. The predicted molar refractivity (Wildman–Crippen MR) is 326 cm³/mol. The highest BCUT2D eigenvalue weighted by molar-refractivity contribution is 7.00. The molecule has 0 saturated heterocycles. The van der Waals surface area contributed by atoms with Gasteiger partial charge in [0.25, 0.3) is 6.71 Å². The van der Waals surface area contributed by atoms with Gasteiger partial charge in [0, 0.05) is 34.1 Å². The van der Waals surface area contributed by atoms with Gasteiger partial charge in [0.15, 0.2) is 0 Å². The summed E-state index contributed by atoms with van der Waals surface area (Å²) >= 11 is 0. The lowest BCUT2D eigenvalue weighted by molar-refractivity contribution is 0.283. The maximum Gasteiger partial charge on any atom is 0.252 e. The minimum atomic E-state index is -0.0512. The van der Waals surface area contributed by atoms with Crippen molar-refractivity contribution in [3.05, 3.63) is 173 Å². The average Bonchev–Trinajstić information content (AvgIpc) is 3.28. The predicted octanol–water partition coefficient (Wildman–Crippen LogP) is 18.7. The topological polar surface area (TPSA) is 6.48 Å². The molecule has 0 bridgehead atoms. The summed E-state index contributed by atoms with van der Waals surface area (Å²) in [6.07, 6.45) is 2.18. The summed E-state index contributed by atoms with van der Waals surface area (Å²) < 4.78 is 0. The molecule has 9 rings (SSSR count). The molecule has 0 saturated carbocycles. The first-order valence-electron chi connectivity index (χ1n) is 27.7. The molecule has 0 amide bonds. The van der Waals surface area contributed by atoms with Gasteiger partial charge in [0.1, 0.15) is 0 Å². The molecule has 0 unspecified atom stereocenters. The Bertz CT molecular complexity index is 3140. The molecule has 2 nitrogen and oxygen atoms in total. The van der Waals surface area contributed by atoms with Crippen molar-refractivity contribution in [2.75, 3.05) is 9.80 Å². The van der Waals surface area contributed by atoms with E-state index in [9.17, 15) is 0 Å². The van der Waals surface area contributed by atoms with Gasteiger partial charge in [-0.3, -0.25) is 0 Å². The van der Waals surface area contributed by atoms with Gasteiger partial charge in [-0.2, -0.15) is 0 Å². The van der Waals surface area contributed by atoms with Crippen molar-refractivity contribution in [2.45, 2.75) is 178 Å². The Hall–Kier alpha value is -5.80. The third-order valence-electron chi connectivity index (χ3n) is 16.1. The molecule has 2 aliphatic heterocycles. The molecule has 0 spiro atoms. The zero-order valence-corrected chi connectivity index (χ0v) is 49.2. The van der Waals surface area contributed by atoms with Crippen LogP contribution in [0.2, 0.25) is 0 Å². The molecule has 0 fully saturated rings. The largest absolute Gasteiger partial charge is 0.311 e. The Morgan fingerprint density at radius 3 is 1.11 bits per heavy atom. The van der Waals surface area contributed by atoms with E-state index in [1.165, 1.54) is 100 Å². The lowest BCUT2D eigenvalue weighted by atomic mass is 9.33. The Morgan fingerprint density at radius 2 is 0.689 bits per heavy atom. The van der Waals surface area contributed by atoms with Crippen molar-refractivity contribution in [3.63, 3.8) is 0 Å². The molecule has 0 aliphatic carbocycles. The fraction of sp³-hybridized carbons (Fsp3) is 0.408. The van der Waals surface area contributed by atoms with Crippen molar-refractivity contribution in [2.24, 2.45) is 10.8 Å². The molecule has 3 heteroatoms. The van der Waals surface area contributed by atoms with Crippen LogP contribution in [0.3, 0.4) is 0 Å². The minimum absolute atomic E-state index is 0.00770. The van der Waals surface area contributed by atoms with Gasteiger partial charge in [-0.05, 0) is 184 Å². The van der Waals surface area contributed by atoms with Crippen molar-refractivity contribution >= 4 is 57.2 Å². The van der Waals surface area contributed by atoms with E-state index in [4.69, 9.17) is 0 Å². The number of fused-ring (bicyclic) bond motifs is 4. The molecule has 2 heterocycles. The molecule has 74 heavy (non-hydrogen) atoms. The molecule has 0 aromatic heterocycles. The van der Waals surface area contributed by atoms with Gasteiger partial charge in [0.05, 0.1) is 0 Å². The molecule has 7 aromatic carbocycles. The first kappa shape index (κ1) is 53.0. The maximum absolute atomic E-state index is 2.62. The second-order valence-corrected chi connectivity index (χ2v) is 29.3. The lowest BCUT2D eigenvalue weighted by Gasteiger charge is -2.45.